The van der Waals surface area contributed by atoms with Crippen molar-refractivity contribution in [1.82, 2.24) is 10.0 Å². The maximum absolute atomic E-state index is 12.2. The molecule has 1 heterocycles. The number of rotatable bonds is 7. The molecule has 5 heteroatoms. The van der Waals surface area contributed by atoms with E-state index in [1.54, 1.807) is 12.1 Å². The molecule has 0 spiro atoms. The number of hydrogen-bond donors (Lipinski definition) is 2. The molecule has 0 unspecified atom stereocenters. The highest BCUT2D eigenvalue weighted by Crippen LogP contribution is 2.14. The molecular weight excluding hydrogens is 284 g/mol. The molecule has 118 valence electrons. The fourth-order valence-electron chi connectivity index (χ4n) is 2.73. The number of benzene rings is 1. The fraction of sp³-hybridized carbons (Fsp3) is 0.625. The summed E-state index contributed by atoms with van der Waals surface area (Å²) in [6.45, 7) is 5.86. The Balaban J connectivity index is 1.88. The van der Waals surface area contributed by atoms with Crippen molar-refractivity contribution < 1.29 is 8.42 Å². The van der Waals surface area contributed by atoms with E-state index in [4.69, 9.17) is 0 Å². The van der Waals surface area contributed by atoms with Gasteiger partial charge >= 0.3 is 0 Å². The van der Waals surface area contributed by atoms with Gasteiger partial charge in [0.05, 0.1) is 4.90 Å². The summed E-state index contributed by atoms with van der Waals surface area (Å²) < 4.78 is 27.1. The second-order valence-corrected chi connectivity index (χ2v) is 7.99. The summed E-state index contributed by atoms with van der Waals surface area (Å²) in [4.78, 5) is 0.356. The van der Waals surface area contributed by atoms with E-state index in [9.17, 15) is 8.42 Å². The minimum atomic E-state index is -3.37. The zero-order chi connectivity index (χ0) is 15.3. The van der Waals surface area contributed by atoms with Crippen LogP contribution in [0.4, 0.5) is 0 Å². The highest BCUT2D eigenvalue weighted by atomic mass is 32.2. The summed E-state index contributed by atoms with van der Waals surface area (Å²) in [6, 6.07) is 7.68. The molecule has 1 atom stereocenters. The first-order valence-corrected chi connectivity index (χ1v) is 9.27. The summed E-state index contributed by atoms with van der Waals surface area (Å²) in [6.07, 6.45) is 4.16. The smallest absolute Gasteiger partial charge is 0.240 e. The lowest BCUT2D eigenvalue weighted by Crippen LogP contribution is -2.30. The van der Waals surface area contributed by atoms with Crippen molar-refractivity contribution in [2.45, 2.75) is 50.5 Å². The minimum Gasteiger partial charge on any atom is -0.314 e. The van der Waals surface area contributed by atoms with Gasteiger partial charge in [-0.25, -0.2) is 13.1 Å². The first-order chi connectivity index (χ1) is 9.97. The van der Waals surface area contributed by atoms with E-state index in [0.717, 1.165) is 25.8 Å². The van der Waals surface area contributed by atoms with Crippen LogP contribution in [0.15, 0.2) is 29.2 Å². The molecule has 0 aliphatic carbocycles. The minimum absolute atomic E-state index is 0.356. The third kappa shape index (κ3) is 5.09. The third-order valence-corrected chi connectivity index (χ3v) is 5.30. The molecule has 0 radical (unpaired) electrons. The van der Waals surface area contributed by atoms with Crippen LogP contribution in [0, 0.1) is 5.92 Å². The molecule has 4 nitrogen and oxygen atoms in total. The molecule has 1 aliphatic heterocycles. The van der Waals surface area contributed by atoms with Crippen molar-refractivity contribution in [3.8, 4) is 0 Å². The number of sulfonamides is 1. The maximum atomic E-state index is 12.2. The zero-order valence-electron chi connectivity index (χ0n) is 12.9. The predicted molar refractivity (Wildman–Crippen MR) is 85.8 cm³/mol. The Hall–Kier alpha value is -0.910. The van der Waals surface area contributed by atoms with Gasteiger partial charge in [0.2, 0.25) is 10.0 Å². The lowest BCUT2D eigenvalue weighted by atomic mass is 10.0. The molecule has 1 fully saturated rings. The van der Waals surface area contributed by atoms with E-state index in [2.05, 4.69) is 23.9 Å². The van der Waals surface area contributed by atoms with E-state index >= 15 is 0 Å². The molecule has 0 amide bonds. The first kappa shape index (κ1) is 16.5. The van der Waals surface area contributed by atoms with Gasteiger partial charge in [-0.05, 0) is 55.8 Å². The van der Waals surface area contributed by atoms with Gasteiger partial charge in [-0.15, -0.1) is 0 Å². The number of hydrogen-bond acceptors (Lipinski definition) is 3. The van der Waals surface area contributed by atoms with E-state index < -0.39 is 10.0 Å². The van der Waals surface area contributed by atoms with Gasteiger partial charge in [0.15, 0.2) is 0 Å². The second-order valence-electron chi connectivity index (χ2n) is 6.22. The Morgan fingerprint density at radius 1 is 1.29 bits per heavy atom. The van der Waals surface area contributed by atoms with Crippen LogP contribution in [-0.4, -0.2) is 27.5 Å². The topological polar surface area (TPSA) is 58.2 Å². The highest BCUT2D eigenvalue weighted by Gasteiger charge is 2.17. The van der Waals surface area contributed by atoms with Crippen molar-refractivity contribution in [1.29, 1.82) is 0 Å². The van der Waals surface area contributed by atoms with Gasteiger partial charge in [0, 0.05) is 12.6 Å². The van der Waals surface area contributed by atoms with Crippen molar-refractivity contribution in [3.05, 3.63) is 29.8 Å². The van der Waals surface area contributed by atoms with Crippen molar-refractivity contribution >= 4 is 10.0 Å². The van der Waals surface area contributed by atoms with Gasteiger partial charge < -0.3 is 5.32 Å². The first-order valence-electron chi connectivity index (χ1n) is 7.79. The molecule has 0 bridgehead atoms. The van der Waals surface area contributed by atoms with Gasteiger partial charge in [0.1, 0.15) is 0 Å². The Kier molecular flexibility index (Phi) is 5.79. The van der Waals surface area contributed by atoms with Crippen molar-refractivity contribution in [2.24, 2.45) is 5.92 Å². The average molecular weight is 310 g/mol. The van der Waals surface area contributed by atoms with Crippen LogP contribution in [0.5, 0.6) is 0 Å². The van der Waals surface area contributed by atoms with Crippen LogP contribution in [0.25, 0.3) is 0 Å². The average Bonchev–Trinajstić information content (AvgIpc) is 2.91. The molecule has 1 aromatic carbocycles. The molecule has 0 aromatic heterocycles. The monoisotopic (exact) mass is 310 g/mol. The van der Waals surface area contributed by atoms with E-state index in [-0.39, 0.29) is 0 Å². The highest BCUT2D eigenvalue weighted by molar-refractivity contribution is 7.89. The normalized spacial score (nSPS) is 19.3. The van der Waals surface area contributed by atoms with Crippen LogP contribution < -0.4 is 10.0 Å². The Labute approximate surface area is 128 Å². The molecule has 0 saturated carbocycles. The van der Waals surface area contributed by atoms with Crippen molar-refractivity contribution in [3.63, 3.8) is 0 Å². The number of nitrogens with one attached hydrogen (secondary N) is 2. The van der Waals surface area contributed by atoms with Crippen LogP contribution in [0.3, 0.4) is 0 Å². The summed E-state index contributed by atoms with van der Waals surface area (Å²) in [5.74, 6) is 0.574. The van der Waals surface area contributed by atoms with E-state index in [1.807, 2.05) is 12.1 Å². The molecule has 1 aliphatic rings. The van der Waals surface area contributed by atoms with Crippen LogP contribution in [0.2, 0.25) is 0 Å². The van der Waals surface area contributed by atoms with Gasteiger partial charge in [-0.1, -0.05) is 26.0 Å². The third-order valence-electron chi connectivity index (χ3n) is 3.82. The zero-order valence-corrected chi connectivity index (χ0v) is 13.7. The summed E-state index contributed by atoms with van der Waals surface area (Å²) in [5, 5.41) is 3.37. The summed E-state index contributed by atoms with van der Waals surface area (Å²) >= 11 is 0. The Morgan fingerprint density at radius 2 is 2.00 bits per heavy atom. The molecule has 21 heavy (non-hydrogen) atoms. The van der Waals surface area contributed by atoms with Crippen LogP contribution >= 0.6 is 0 Å². The van der Waals surface area contributed by atoms with Crippen LogP contribution in [0.1, 0.15) is 38.7 Å². The molecule has 1 saturated heterocycles. The predicted octanol–water partition coefficient (Wildman–Crippen LogP) is 2.31. The van der Waals surface area contributed by atoms with Gasteiger partial charge in [-0.2, -0.15) is 0 Å². The lowest BCUT2D eigenvalue weighted by molar-refractivity contribution is 0.539. The van der Waals surface area contributed by atoms with Gasteiger partial charge in [-0.3, -0.25) is 0 Å². The lowest BCUT2D eigenvalue weighted by Gasteiger charge is -2.12. The van der Waals surface area contributed by atoms with E-state index in [0.29, 0.717) is 23.4 Å². The van der Waals surface area contributed by atoms with Crippen molar-refractivity contribution in [2.75, 3.05) is 13.1 Å². The quantitative estimate of drug-likeness (QED) is 0.812. The Morgan fingerprint density at radius 3 is 2.57 bits per heavy atom. The molecular formula is C16H26N2O2S. The standard InChI is InChI=1S/C16H26N2O2S/c1-13(2)12-14-5-7-16(8-6-14)21(19,20)18-11-9-15-4-3-10-17-15/h5-8,13,15,17-18H,3-4,9-12H2,1-2H3/t15-/m0/s1. The van der Waals surface area contributed by atoms with Crippen LogP contribution in [-0.2, 0) is 16.4 Å². The largest absolute Gasteiger partial charge is 0.314 e. The second kappa shape index (κ2) is 7.38. The molecule has 1 aromatic rings. The SMILES string of the molecule is CC(C)Cc1ccc(S(=O)(=O)NCC[C@@H]2CCCN2)cc1. The summed E-state index contributed by atoms with van der Waals surface area (Å²) in [5.41, 5.74) is 1.18. The summed E-state index contributed by atoms with van der Waals surface area (Å²) in [7, 11) is -3.37. The molecule has 2 rings (SSSR count). The van der Waals surface area contributed by atoms with Gasteiger partial charge in [0.25, 0.3) is 0 Å². The Bertz CT molecular complexity index is 532. The van der Waals surface area contributed by atoms with E-state index in [1.165, 1.54) is 12.0 Å². The molecule has 2 N–H and O–H groups in total. The fourth-order valence-corrected chi connectivity index (χ4v) is 3.78. The maximum Gasteiger partial charge on any atom is 0.240 e.